The number of hydrogen-bond acceptors (Lipinski definition) is 5. The maximum atomic E-state index is 13.1. The van der Waals surface area contributed by atoms with Gasteiger partial charge in [-0.3, -0.25) is 19.7 Å². The van der Waals surface area contributed by atoms with E-state index in [1.807, 2.05) is 0 Å². The zero-order valence-corrected chi connectivity index (χ0v) is 14.9. The van der Waals surface area contributed by atoms with Gasteiger partial charge in [-0.25, -0.2) is 4.39 Å². The minimum atomic E-state index is -0.451. The Balaban J connectivity index is 1.43. The van der Waals surface area contributed by atoms with Crippen LogP contribution in [0.3, 0.4) is 0 Å². The Hall–Kier alpha value is -2.13. The molecule has 2 aliphatic rings. The Kier molecular flexibility index (Phi) is 6.10. The predicted molar refractivity (Wildman–Crippen MR) is 96.7 cm³/mol. The number of benzene rings is 1. The number of carbonyl (C=O) groups is 3. The van der Waals surface area contributed by atoms with Crippen LogP contribution in [0.25, 0.3) is 0 Å². The summed E-state index contributed by atoms with van der Waals surface area (Å²) in [7, 11) is 0. The molecule has 0 aromatic heterocycles. The monoisotopic (exact) mass is 380 g/mol. The molecule has 0 radical (unpaired) electrons. The van der Waals surface area contributed by atoms with Gasteiger partial charge in [0.15, 0.2) is 0 Å². The fourth-order valence-electron chi connectivity index (χ4n) is 2.62. The third kappa shape index (κ3) is 5.99. The highest BCUT2D eigenvalue weighted by molar-refractivity contribution is 8.00. The molecular weight excluding hydrogens is 359 g/mol. The fraction of sp³-hybridized carbons (Fsp3) is 0.471. The van der Waals surface area contributed by atoms with Crippen molar-refractivity contribution in [2.75, 3.05) is 11.1 Å². The molecule has 1 heterocycles. The van der Waals surface area contributed by atoms with Crippen molar-refractivity contribution in [2.24, 2.45) is 0 Å². The van der Waals surface area contributed by atoms with Crippen LogP contribution in [0.5, 0.6) is 0 Å². The maximum absolute atomic E-state index is 13.1. The first-order valence-electron chi connectivity index (χ1n) is 8.50. The quantitative estimate of drug-likeness (QED) is 0.564. The number of thioether (sulfide) groups is 1. The van der Waals surface area contributed by atoms with Gasteiger partial charge in [-0.15, -0.1) is 11.8 Å². The Bertz CT molecular complexity index is 698. The summed E-state index contributed by atoms with van der Waals surface area (Å²) in [6.45, 7) is 0. The van der Waals surface area contributed by atoms with Gasteiger partial charge in [-0.05, 0) is 31.0 Å². The van der Waals surface area contributed by atoms with Crippen molar-refractivity contribution in [2.45, 2.75) is 43.3 Å². The van der Waals surface area contributed by atoms with Crippen molar-refractivity contribution in [1.82, 2.24) is 16.0 Å². The second-order valence-electron chi connectivity index (χ2n) is 6.43. The van der Waals surface area contributed by atoms with Gasteiger partial charge >= 0.3 is 0 Å². The number of rotatable bonds is 7. The Morgan fingerprint density at radius 1 is 1.27 bits per heavy atom. The molecule has 1 saturated carbocycles. The summed E-state index contributed by atoms with van der Waals surface area (Å²) in [4.78, 5) is 35.7. The minimum absolute atomic E-state index is 0.0627. The standard InChI is InChI=1S/C17H21FN4O3S/c18-10-2-1-3-12(6-10)20-16(25)9-26-17-21-13(8-15(24)22-17)7-14(23)19-11-4-5-11/h1-3,6,11,13,17,21H,4-5,7-9H2,(H,19,23)(H,20,25)(H,22,24). The van der Waals surface area contributed by atoms with Crippen molar-refractivity contribution in [3.05, 3.63) is 30.1 Å². The lowest BCUT2D eigenvalue weighted by Gasteiger charge is -2.30. The molecule has 0 bridgehead atoms. The lowest BCUT2D eigenvalue weighted by atomic mass is 10.1. The van der Waals surface area contributed by atoms with Crippen molar-refractivity contribution in [3.8, 4) is 0 Å². The smallest absolute Gasteiger partial charge is 0.234 e. The van der Waals surface area contributed by atoms with E-state index in [2.05, 4.69) is 21.3 Å². The highest BCUT2D eigenvalue weighted by Gasteiger charge is 2.30. The van der Waals surface area contributed by atoms with Crippen molar-refractivity contribution >= 4 is 35.2 Å². The van der Waals surface area contributed by atoms with Crippen molar-refractivity contribution < 1.29 is 18.8 Å². The molecule has 0 spiro atoms. The topological polar surface area (TPSA) is 99.3 Å². The molecule has 9 heteroatoms. The average molecular weight is 380 g/mol. The van der Waals surface area contributed by atoms with Gasteiger partial charge in [0.1, 0.15) is 11.3 Å². The van der Waals surface area contributed by atoms with Crippen LogP contribution >= 0.6 is 11.8 Å². The molecular formula is C17H21FN4O3S. The van der Waals surface area contributed by atoms with Crippen LogP contribution < -0.4 is 21.3 Å². The molecule has 1 aromatic rings. The number of anilines is 1. The molecule has 2 fully saturated rings. The van der Waals surface area contributed by atoms with Gasteiger partial charge < -0.3 is 16.0 Å². The molecule has 4 N–H and O–H groups in total. The summed E-state index contributed by atoms with van der Waals surface area (Å²) in [5.41, 5.74) is -0.0703. The number of amides is 3. The molecule has 1 aromatic carbocycles. The molecule has 2 unspecified atom stereocenters. The third-order valence-corrected chi connectivity index (χ3v) is 4.99. The van der Waals surface area contributed by atoms with Gasteiger partial charge in [0, 0.05) is 30.6 Å². The summed E-state index contributed by atoms with van der Waals surface area (Å²) in [6, 6.07) is 5.67. The van der Waals surface area contributed by atoms with Crippen LogP contribution in [-0.2, 0) is 14.4 Å². The van der Waals surface area contributed by atoms with E-state index in [1.54, 1.807) is 6.07 Å². The predicted octanol–water partition coefficient (Wildman–Crippen LogP) is 0.928. The zero-order chi connectivity index (χ0) is 18.5. The molecule has 1 saturated heterocycles. The Morgan fingerprint density at radius 2 is 2.08 bits per heavy atom. The average Bonchev–Trinajstić information content (AvgIpc) is 3.36. The van der Waals surface area contributed by atoms with E-state index < -0.39 is 11.3 Å². The summed E-state index contributed by atoms with van der Waals surface area (Å²) in [5, 5.41) is 11.4. The first-order chi connectivity index (χ1) is 12.5. The van der Waals surface area contributed by atoms with E-state index in [9.17, 15) is 18.8 Å². The van der Waals surface area contributed by atoms with E-state index in [0.29, 0.717) is 5.69 Å². The lowest BCUT2D eigenvalue weighted by Crippen LogP contribution is -2.56. The van der Waals surface area contributed by atoms with E-state index in [1.165, 1.54) is 30.0 Å². The van der Waals surface area contributed by atoms with E-state index in [4.69, 9.17) is 0 Å². The zero-order valence-electron chi connectivity index (χ0n) is 14.1. The SMILES string of the molecule is O=C(CSC1NC(=O)CC(CC(=O)NC2CC2)N1)Nc1cccc(F)c1. The first kappa shape index (κ1) is 18.7. The summed E-state index contributed by atoms with van der Waals surface area (Å²) < 4.78 is 13.1. The molecule has 2 atom stereocenters. The molecule has 1 aliphatic heterocycles. The van der Waals surface area contributed by atoms with Gasteiger partial charge in [0.25, 0.3) is 0 Å². The van der Waals surface area contributed by atoms with Gasteiger partial charge in [0.05, 0.1) is 5.75 Å². The van der Waals surface area contributed by atoms with E-state index >= 15 is 0 Å². The van der Waals surface area contributed by atoms with Gasteiger partial charge in [-0.1, -0.05) is 6.07 Å². The number of carbonyl (C=O) groups excluding carboxylic acids is 3. The number of hydrogen-bond donors (Lipinski definition) is 4. The second-order valence-corrected chi connectivity index (χ2v) is 7.52. The van der Waals surface area contributed by atoms with Crippen LogP contribution in [0.15, 0.2) is 24.3 Å². The van der Waals surface area contributed by atoms with Crippen LogP contribution in [0.1, 0.15) is 25.7 Å². The highest BCUT2D eigenvalue weighted by Crippen LogP contribution is 2.20. The van der Waals surface area contributed by atoms with Crippen molar-refractivity contribution in [1.29, 1.82) is 0 Å². The summed E-state index contributed by atoms with van der Waals surface area (Å²) in [5.74, 6) is -0.868. The van der Waals surface area contributed by atoms with Crippen LogP contribution in [0.4, 0.5) is 10.1 Å². The summed E-state index contributed by atoms with van der Waals surface area (Å²) >= 11 is 1.21. The number of halogens is 1. The molecule has 3 rings (SSSR count). The number of nitrogens with one attached hydrogen (secondary N) is 4. The van der Waals surface area contributed by atoms with E-state index in [-0.39, 0.29) is 48.4 Å². The second kappa shape index (κ2) is 8.50. The Labute approximate surface area is 154 Å². The lowest BCUT2D eigenvalue weighted by molar-refractivity contribution is -0.125. The minimum Gasteiger partial charge on any atom is -0.353 e. The van der Waals surface area contributed by atoms with Gasteiger partial charge in [-0.2, -0.15) is 0 Å². The van der Waals surface area contributed by atoms with Gasteiger partial charge in [0.2, 0.25) is 17.7 Å². The maximum Gasteiger partial charge on any atom is 0.234 e. The largest absolute Gasteiger partial charge is 0.353 e. The molecule has 26 heavy (non-hydrogen) atoms. The van der Waals surface area contributed by atoms with E-state index in [0.717, 1.165) is 12.8 Å². The molecule has 140 valence electrons. The Morgan fingerprint density at radius 3 is 2.81 bits per heavy atom. The third-order valence-electron chi connectivity index (χ3n) is 3.97. The van der Waals surface area contributed by atoms with Crippen LogP contribution in [0, 0.1) is 5.82 Å². The molecule has 1 aliphatic carbocycles. The van der Waals surface area contributed by atoms with Crippen LogP contribution in [0.2, 0.25) is 0 Å². The highest BCUT2D eigenvalue weighted by atomic mass is 32.2. The summed E-state index contributed by atoms with van der Waals surface area (Å²) in [6.07, 6.45) is 2.49. The normalized spacial score (nSPS) is 22.4. The first-order valence-corrected chi connectivity index (χ1v) is 9.54. The fourth-order valence-corrected chi connectivity index (χ4v) is 3.52. The van der Waals surface area contributed by atoms with Crippen LogP contribution in [-0.4, -0.2) is 41.1 Å². The molecule has 7 nitrogen and oxygen atoms in total. The van der Waals surface area contributed by atoms with Crippen molar-refractivity contribution in [3.63, 3.8) is 0 Å². The molecule has 3 amide bonds.